The number of benzene rings is 2. The largest absolute Gasteiger partial charge is 0.489 e. The normalized spacial score (nSPS) is 18.6. The second-order valence-corrected chi connectivity index (χ2v) is 11.8. The number of hydroxylamine groups is 1. The Kier molecular flexibility index (Phi) is 7.40. The maximum absolute atomic E-state index is 13.4. The lowest BCUT2D eigenvalue weighted by molar-refractivity contribution is -0.158. The van der Waals surface area contributed by atoms with Crippen molar-refractivity contribution in [3.63, 3.8) is 0 Å². The van der Waals surface area contributed by atoms with Crippen LogP contribution >= 0.6 is 0 Å². The zero-order valence-corrected chi connectivity index (χ0v) is 22.2. The molecule has 2 amide bonds. The van der Waals surface area contributed by atoms with Crippen LogP contribution in [0.5, 0.6) is 5.75 Å². The van der Waals surface area contributed by atoms with Crippen molar-refractivity contribution in [1.29, 1.82) is 0 Å². The number of fused-ring (bicyclic) bond motifs is 1. The van der Waals surface area contributed by atoms with Gasteiger partial charge in [-0.2, -0.15) is 4.31 Å². The highest BCUT2D eigenvalue weighted by atomic mass is 32.2. The molecule has 4 rings (SSSR count). The number of nitrogens with zero attached hydrogens (tertiary/aromatic N) is 3. The highest BCUT2D eigenvalue weighted by Crippen LogP contribution is 2.33. The SMILES string of the molecule is CC1CC(COc2ccc(S(=O)(=O)N(C)C3(C(=O)NO)CN(C(=O)C(C)C)C3)cc2)=c2ccccc2=N1. The van der Waals surface area contributed by atoms with Crippen LogP contribution in [-0.2, 0) is 19.6 Å². The summed E-state index contributed by atoms with van der Waals surface area (Å²) in [6.45, 7) is 5.54. The topological polar surface area (TPSA) is 129 Å². The van der Waals surface area contributed by atoms with Gasteiger partial charge < -0.3 is 9.64 Å². The molecule has 2 aromatic rings. The van der Waals surface area contributed by atoms with Gasteiger partial charge in [0.1, 0.15) is 12.4 Å². The highest BCUT2D eigenvalue weighted by Gasteiger charge is 2.57. The summed E-state index contributed by atoms with van der Waals surface area (Å²) in [5.74, 6) is -0.892. The Labute approximate surface area is 216 Å². The molecular weight excluding hydrogens is 496 g/mol. The van der Waals surface area contributed by atoms with Gasteiger partial charge in [0.2, 0.25) is 15.9 Å². The maximum Gasteiger partial charge on any atom is 0.268 e. The molecule has 2 heterocycles. The van der Waals surface area contributed by atoms with Crippen molar-refractivity contribution in [1.82, 2.24) is 14.7 Å². The Balaban J connectivity index is 1.51. The van der Waals surface area contributed by atoms with Crippen LogP contribution in [0, 0.1) is 5.92 Å². The molecule has 2 aliphatic rings. The summed E-state index contributed by atoms with van der Waals surface area (Å²) < 4.78 is 33.7. The van der Waals surface area contributed by atoms with Crippen LogP contribution in [0.15, 0.2) is 58.4 Å². The van der Waals surface area contributed by atoms with Crippen LogP contribution in [0.3, 0.4) is 0 Å². The van der Waals surface area contributed by atoms with E-state index in [0.29, 0.717) is 12.4 Å². The number of nitrogens with one attached hydrogen (secondary N) is 1. The summed E-state index contributed by atoms with van der Waals surface area (Å²) in [5, 5.41) is 11.3. The average molecular weight is 529 g/mol. The third-order valence-electron chi connectivity index (χ3n) is 6.92. The number of likely N-dealkylation sites (N-methyl/N-ethyl adjacent to an activating group) is 1. The molecule has 0 saturated carbocycles. The van der Waals surface area contributed by atoms with E-state index in [0.717, 1.165) is 26.9 Å². The number of hydrogen-bond donors (Lipinski definition) is 2. The number of carbonyl (C=O) groups excluding carboxylic acids is 2. The van der Waals surface area contributed by atoms with Gasteiger partial charge in [-0.15, -0.1) is 0 Å². The molecule has 37 heavy (non-hydrogen) atoms. The molecule has 0 aromatic heterocycles. The van der Waals surface area contributed by atoms with E-state index in [-0.39, 0.29) is 35.9 Å². The minimum absolute atomic E-state index is 0.0378. The van der Waals surface area contributed by atoms with E-state index >= 15 is 0 Å². The fraction of sp³-hybridized carbons (Fsp3) is 0.423. The molecule has 0 spiro atoms. The smallest absolute Gasteiger partial charge is 0.268 e. The van der Waals surface area contributed by atoms with Gasteiger partial charge in [0.05, 0.1) is 29.4 Å². The summed E-state index contributed by atoms with van der Waals surface area (Å²) >= 11 is 0. The fourth-order valence-corrected chi connectivity index (χ4v) is 6.19. The maximum atomic E-state index is 13.4. The summed E-state index contributed by atoms with van der Waals surface area (Å²) in [6.07, 6.45) is 0.777. The lowest BCUT2D eigenvalue weighted by Gasteiger charge is -2.52. The molecule has 198 valence electrons. The lowest BCUT2D eigenvalue weighted by atomic mass is 9.88. The molecule has 2 aromatic carbocycles. The Bertz CT molecular complexity index is 1420. The summed E-state index contributed by atoms with van der Waals surface area (Å²) in [7, 11) is -2.86. The third kappa shape index (κ3) is 4.98. The summed E-state index contributed by atoms with van der Waals surface area (Å²) in [5.41, 5.74) is 1.07. The van der Waals surface area contributed by atoms with Gasteiger partial charge in [-0.05, 0) is 49.2 Å². The van der Waals surface area contributed by atoms with E-state index < -0.39 is 21.5 Å². The molecule has 0 radical (unpaired) electrons. The Morgan fingerprint density at radius 2 is 1.84 bits per heavy atom. The predicted molar refractivity (Wildman–Crippen MR) is 136 cm³/mol. The van der Waals surface area contributed by atoms with Gasteiger partial charge in [0.25, 0.3) is 5.91 Å². The van der Waals surface area contributed by atoms with Crippen molar-refractivity contribution < 1.29 is 28.0 Å². The van der Waals surface area contributed by atoms with E-state index in [2.05, 4.69) is 11.9 Å². The minimum Gasteiger partial charge on any atom is -0.489 e. The molecule has 1 fully saturated rings. The van der Waals surface area contributed by atoms with Crippen LogP contribution in [0.25, 0.3) is 5.57 Å². The van der Waals surface area contributed by atoms with Crippen molar-refractivity contribution in [3.8, 4) is 5.75 Å². The second-order valence-electron chi connectivity index (χ2n) is 9.86. The number of sulfonamides is 1. The van der Waals surface area contributed by atoms with Crippen LogP contribution in [0.2, 0.25) is 0 Å². The van der Waals surface area contributed by atoms with Crippen LogP contribution in [0.4, 0.5) is 0 Å². The number of carbonyl (C=O) groups is 2. The van der Waals surface area contributed by atoms with Crippen molar-refractivity contribution in [2.75, 3.05) is 26.7 Å². The quantitative estimate of drug-likeness (QED) is 0.383. The lowest BCUT2D eigenvalue weighted by Crippen LogP contribution is -2.77. The number of para-hydroxylation sites is 1. The molecule has 10 nitrogen and oxygen atoms in total. The molecular formula is C26H32N4O6S. The standard InChI is InChI=1S/C26H32N4O6S/c1-17(2)24(31)30-15-26(16-30,25(32)28-33)29(4)37(34,35)21-11-9-20(10-12-21)36-14-19-13-18(3)27-23-8-6-5-7-22(19)23/h5-12,17-18,33H,13-16H2,1-4H3,(H,28,32). The van der Waals surface area contributed by atoms with E-state index in [9.17, 15) is 23.2 Å². The summed E-state index contributed by atoms with van der Waals surface area (Å²) in [6, 6.07) is 14.0. The molecule has 1 unspecified atom stereocenters. The van der Waals surface area contributed by atoms with Gasteiger partial charge in [-0.3, -0.25) is 19.8 Å². The molecule has 11 heteroatoms. The first-order valence-corrected chi connectivity index (χ1v) is 13.5. The van der Waals surface area contributed by atoms with Gasteiger partial charge in [-0.1, -0.05) is 32.0 Å². The van der Waals surface area contributed by atoms with Gasteiger partial charge in [0.15, 0.2) is 5.54 Å². The third-order valence-corrected chi connectivity index (χ3v) is 8.86. The average Bonchev–Trinajstić information content (AvgIpc) is 2.86. The van der Waals surface area contributed by atoms with Crippen molar-refractivity contribution in [2.24, 2.45) is 10.9 Å². The second kappa shape index (κ2) is 10.2. The molecule has 2 N–H and O–H groups in total. The summed E-state index contributed by atoms with van der Waals surface area (Å²) in [4.78, 5) is 30.9. The zero-order valence-electron chi connectivity index (χ0n) is 21.3. The minimum atomic E-state index is -4.13. The monoisotopic (exact) mass is 528 g/mol. The van der Waals surface area contributed by atoms with E-state index in [1.165, 1.54) is 24.1 Å². The van der Waals surface area contributed by atoms with Gasteiger partial charge in [-0.25, -0.2) is 13.9 Å². The molecule has 0 aliphatic carbocycles. The number of likely N-dealkylation sites (tertiary alicyclic amines) is 1. The molecule has 2 aliphatic heterocycles. The van der Waals surface area contributed by atoms with Gasteiger partial charge >= 0.3 is 0 Å². The van der Waals surface area contributed by atoms with Gasteiger partial charge in [0, 0.05) is 18.2 Å². The zero-order chi connectivity index (χ0) is 27.0. The first-order valence-electron chi connectivity index (χ1n) is 12.1. The van der Waals surface area contributed by atoms with Crippen molar-refractivity contribution in [3.05, 3.63) is 59.1 Å². The van der Waals surface area contributed by atoms with E-state index in [1.807, 2.05) is 24.3 Å². The molecule has 1 saturated heterocycles. The number of ether oxygens (including phenoxy) is 1. The Morgan fingerprint density at radius 1 is 1.19 bits per heavy atom. The molecule has 0 bridgehead atoms. The number of hydrogen-bond acceptors (Lipinski definition) is 7. The van der Waals surface area contributed by atoms with Crippen molar-refractivity contribution >= 4 is 27.4 Å². The number of rotatable bonds is 8. The first kappa shape index (κ1) is 26.8. The van der Waals surface area contributed by atoms with E-state index in [4.69, 9.17) is 4.74 Å². The van der Waals surface area contributed by atoms with Crippen LogP contribution < -0.4 is 20.8 Å². The fourth-order valence-electron chi connectivity index (χ4n) is 4.73. The Hall–Kier alpha value is -3.28. The highest BCUT2D eigenvalue weighted by molar-refractivity contribution is 7.89. The Morgan fingerprint density at radius 3 is 2.46 bits per heavy atom. The van der Waals surface area contributed by atoms with Crippen LogP contribution in [-0.4, -0.2) is 73.0 Å². The first-order chi connectivity index (χ1) is 17.5. The predicted octanol–water partition coefficient (Wildman–Crippen LogP) is 0.691. The van der Waals surface area contributed by atoms with Crippen molar-refractivity contribution in [2.45, 2.75) is 43.7 Å². The number of amides is 2. The van der Waals surface area contributed by atoms with E-state index in [1.54, 1.807) is 31.5 Å². The molecule has 1 atom stereocenters. The van der Waals surface area contributed by atoms with Crippen LogP contribution in [0.1, 0.15) is 27.2 Å².